The van der Waals surface area contributed by atoms with E-state index in [0.29, 0.717) is 12.2 Å². The van der Waals surface area contributed by atoms with Crippen LogP contribution in [0.25, 0.3) is 11.0 Å². The molecule has 0 saturated carbocycles. The SMILES string of the molecule is Fc1ccc(Br)cc1NCc1c[nH]c2ncccc12. The summed E-state index contributed by atoms with van der Waals surface area (Å²) in [6.45, 7) is 0.541. The molecule has 2 N–H and O–H groups in total. The Balaban J connectivity index is 1.84. The molecule has 0 aliphatic rings. The largest absolute Gasteiger partial charge is 0.378 e. The van der Waals surface area contributed by atoms with E-state index in [0.717, 1.165) is 21.1 Å². The lowest BCUT2D eigenvalue weighted by Gasteiger charge is -2.07. The summed E-state index contributed by atoms with van der Waals surface area (Å²) < 4.78 is 14.5. The average Bonchev–Trinajstić information content (AvgIpc) is 2.83. The molecule has 2 heterocycles. The molecular weight excluding hydrogens is 309 g/mol. The van der Waals surface area contributed by atoms with Crippen LogP contribution >= 0.6 is 15.9 Å². The van der Waals surface area contributed by atoms with Gasteiger partial charge in [0.05, 0.1) is 5.69 Å². The molecule has 0 fully saturated rings. The highest BCUT2D eigenvalue weighted by Gasteiger charge is 2.06. The lowest BCUT2D eigenvalue weighted by molar-refractivity contribution is 0.630. The van der Waals surface area contributed by atoms with Crippen molar-refractivity contribution in [3.63, 3.8) is 0 Å². The minimum Gasteiger partial charge on any atom is -0.378 e. The van der Waals surface area contributed by atoms with Crippen molar-refractivity contribution in [2.75, 3.05) is 5.32 Å². The van der Waals surface area contributed by atoms with E-state index in [1.54, 1.807) is 18.3 Å². The van der Waals surface area contributed by atoms with Crippen LogP contribution in [0.15, 0.2) is 47.2 Å². The maximum absolute atomic E-state index is 13.6. The first-order valence-corrected chi connectivity index (χ1v) is 6.63. The van der Waals surface area contributed by atoms with Crippen molar-refractivity contribution < 1.29 is 4.39 Å². The number of nitrogens with zero attached hydrogens (tertiary/aromatic N) is 1. The smallest absolute Gasteiger partial charge is 0.146 e. The molecule has 3 nitrogen and oxygen atoms in total. The monoisotopic (exact) mass is 319 g/mol. The van der Waals surface area contributed by atoms with Gasteiger partial charge in [-0.25, -0.2) is 9.37 Å². The van der Waals surface area contributed by atoms with E-state index in [1.165, 1.54) is 6.07 Å². The fourth-order valence-corrected chi connectivity index (χ4v) is 2.34. The second-order valence-corrected chi connectivity index (χ2v) is 5.11. The molecule has 0 unspecified atom stereocenters. The van der Waals surface area contributed by atoms with Gasteiger partial charge in [0.2, 0.25) is 0 Å². The number of hydrogen-bond donors (Lipinski definition) is 2. The van der Waals surface area contributed by atoms with Gasteiger partial charge in [-0.15, -0.1) is 0 Å². The van der Waals surface area contributed by atoms with Crippen molar-refractivity contribution in [2.24, 2.45) is 0 Å². The molecule has 3 rings (SSSR count). The van der Waals surface area contributed by atoms with Crippen LogP contribution in [-0.4, -0.2) is 9.97 Å². The van der Waals surface area contributed by atoms with Crippen LogP contribution in [0.1, 0.15) is 5.56 Å². The number of H-pyrrole nitrogens is 1. The van der Waals surface area contributed by atoms with Crippen molar-refractivity contribution >= 4 is 32.7 Å². The van der Waals surface area contributed by atoms with Crippen LogP contribution in [0.3, 0.4) is 0 Å². The Kier molecular flexibility index (Phi) is 3.21. The summed E-state index contributed by atoms with van der Waals surface area (Å²) in [5.74, 6) is -0.263. The van der Waals surface area contributed by atoms with Gasteiger partial charge in [0.1, 0.15) is 11.5 Å². The number of pyridine rings is 1. The minimum atomic E-state index is -0.263. The van der Waals surface area contributed by atoms with Crippen LogP contribution in [0.5, 0.6) is 0 Å². The number of aromatic nitrogens is 2. The third kappa shape index (κ3) is 2.46. The maximum atomic E-state index is 13.6. The Morgan fingerprint density at radius 1 is 1.32 bits per heavy atom. The molecule has 0 amide bonds. The Bertz CT molecular complexity index is 724. The van der Waals surface area contributed by atoms with Gasteiger partial charge in [-0.1, -0.05) is 15.9 Å². The van der Waals surface area contributed by atoms with Gasteiger partial charge in [0, 0.05) is 28.8 Å². The van der Waals surface area contributed by atoms with Gasteiger partial charge in [0.15, 0.2) is 0 Å². The van der Waals surface area contributed by atoms with Crippen LogP contribution in [0.4, 0.5) is 10.1 Å². The highest BCUT2D eigenvalue weighted by atomic mass is 79.9. The first kappa shape index (κ1) is 12.2. The van der Waals surface area contributed by atoms with Crippen molar-refractivity contribution in [1.29, 1.82) is 0 Å². The molecule has 0 saturated heterocycles. The minimum absolute atomic E-state index is 0.263. The van der Waals surface area contributed by atoms with Crippen LogP contribution in [0, 0.1) is 5.82 Å². The van der Waals surface area contributed by atoms with E-state index in [4.69, 9.17) is 0 Å². The molecule has 0 aliphatic carbocycles. The summed E-state index contributed by atoms with van der Waals surface area (Å²) in [5.41, 5.74) is 2.38. The normalized spacial score (nSPS) is 10.8. The summed E-state index contributed by atoms with van der Waals surface area (Å²) in [4.78, 5) is 7.32. The number of nitrogens with one attached hydrogen (secondary N) is 2. The average molecular weight is 320 g/mol. The van der Waals surface area contributed by atoms with E-state index in [-0.39, 0.29) is 5.82 Å². The zero-order valence-corrected chi connectivity index (χ0v) is 11.5. The van der Waals surface area contributed by atoms with Crippen molar-refractivity contribution in [2.45, 2.75) is 6.54 Å². The van der Waals surface area contributed by atoms with Gasteiger partial charge >= 0.3 is 0 Å². The van der Waals surface area contributed by atoms with Gasteiger partial charge in [-0.05, 0) is 35.9 Å². The number of anilines is 1. The topological polar surface area (TPSA) is 40.7 Å². The summed E-state index contributed by atoms with van der Waals surface area (Å²) in [7, 11) is 0. The van der Waals surface area contributed by atoms with E-state index in [9.17, 15) is 4.39 Å². The first-order valence-electron chi connectivity index (χ1n) is 5.84. The predicted octanol–water partition coefficient (Wildman–Crippen LogP) is 4.08. The standard InChI is InChI=1S/C14H11BrFN3/c15-10-3-4-12(16)13(6-10)18-7-9-8-19-14-11(9)2-1-5-17-14/h1-6,8,18H,7H2,(H,17,19). The summed E-state index contributed by atoms with van der Waals surface area (Å²) in [6.07, 6.45) is 3.63. The highest BCUT2D eigenvalue weighted by molar-refractivity contribution is 9.10. The van der Waals surface area contributed by atoms with Gasteiger partial charge in [0.25, 0.3) is 0 Å². The van der Waals surface area contributed by atoms with E-state index in [1.807, 2.05) is 18.3 Å². The van der Waals surface area contributed by atoms with Gasteiger partial charge < -0.3 is 10.3 Å². The van der Waals surface area contributed by atoms with E-state index in [2.05, 4.69) is 31.2 Å². The third-order valence-corrected chi connectivity index (χ3v) is 3.43. The number of fused-ring (bicyclic) bond motifs is 1. The molecule has 3 aromatic rings. The fraction of sp³-hybridized carbons (Fsp3) is 0.0714. The number of hydrogen-bond acceptors (Lipinski definition) is 2. The third-order valence-electron chi connectivity index (χ3n) is 2.93. The maximum Gasteiger partial charge on any atom is 0.146 e. The Hall–Kier alpha value is -1.88. The number of rotatable bonds is 3. The lowest BCUT2D eigenvalue weighted by atomic mass is 10.2. The van der Waals surface area contributed by atoms with Gasteiger partial charge in [-0.2, -0.15) is 0 Å². The molecule has 0 spiro atoms. The molecule has 5 heteroatoms. The molecule has 1 aromatic carbocycles. The lowest BCUT2D eigenvalue weighted by Crippen LogP contribution is -2.00. The summed E-state index contributed by atoms with van der Waals surface area (Å²) >= 11 is 3.33. The first-order chi connectivity index (χ1) is 9.24. The van der Waals surface area contributed by atoms with E-state index < -0.39 is 0 Å². The van der Waals surface area contributed by atoms with Crippen molar-refractivity contribution in [3.8, 4) is 0 Å². The number of benzene rings is 1. The molecule has 0 atom stereocenters. The molecule has 96 valence electrons. The van der Waals surface area contributed by atoms with Crippen molar-refractivity contribution in [1.82, 2.24) is 9.97 Å². The predicted molar refractivity (Wildman–Crippen MR) is 77.5 cm³/mol. The quantitative estimate of drug-likeness (QED) is 0.763. The number of halogens is 2. The molecule has 2 aromatic heterocycles. The molecule has 0 bridgehead atoms. The zero-order chi connectivity index (χ0) is 13.2. The molecule has 19 heavy (non-hydrogen) atoms. The number of aromatic amines is 1. The fourth-order valence-electron chi connectivity index (χ4n) is 1.98. The molecule has 0 aliphatic heterocycles. The van der Waals surface area contributed by atoms with Crippen LogP contribution in [-0.2, 0) is 6.54 Å². The Morgan fingerprint density at radius 3 is 3.11 bits per heavy atom. The zero-order valence-electron chi connectivity index (χ0n) is 9.95. The Morgan fingerprint density at radius 2 is 2.21 bits per heavy atom. The summed E-state index contributed by atoms with van der Waals surface area (Å²) in [5, 5.41) is 4.14. The molecular formula is C14H11BrFN3. The van der Waals surface area contributed by atoms with Crippen molar-refractivity contribution in [3.05, 3.63) is 58.6 Å². The van der Waals surface area contributed by atoms with Crippen LogP contribution < -0.4 is 5.32 Å². The van der Waals surface area contributed by atoms with Crippen LogP contribution in [0.2, 0.25) is 0 Å². The highest BCUT2D eigenvalue weighted by Crippen LogP contribution is 2.22. The Labute approximate surface area is 118 Å². The second-order valence-electron chi connectivity index (χ2n) is 4.19. The second kappa shape index (κ2) is 5.01. The summed E-state index contributed by atoms with van der Waals surface area (Å²) in [6, 6.07) is 8.72. The van der Waals surface area contributed by atoms with Gasteiger partial charge in [-0.3, -0.25) is 0 Å². The molecule has 0 radical (unpaired) electrons. The van der Waals surface area contributed by atoms with E-state index >= 15 is 0 Å².